The van der Waals surface area contributed by atoms with Crippen LogP contribution in [0.25, 0.3) is 0 Å². The van der Waals surface area contributed by atoms with E-state index in [9.17, 15) is 0 Å². The summed E-state index contributed by atoms with van der Waals surface area (Å²) in [5.41, 5.74) is 0.302. The van der Waals surface area contributed by atoms with Crippen molar-refractivity contribution in [2.24, 2.45) is 11.3 Å². The van der Waals surface area contributed by atoms with Crippen LogP contribution in [0.3, 0.4) is 0 Å². The molecule has 0 radical (unpaired) electrons. The molecule has 1 aliphatic carbocycles. The van der Waals surface area contributed by atoms with Gasteiger partial charge in [0.2, 0.25) is 0 Å². The molecule has 12 heavy (non-hydrogen) atoms. The Morgan fingerprint density at radius 2 is 1.92 bits per heavy atom. The molecule has 0 bridgehead atoms. The van der Waals surface area contributed by atoms with Gasteiger partial charge in [-0.1, -0.05) is 20.8 Å². The fourth-order valence-electron chi connectivity index (χ4n) is 1.47. The van der Waals surface area contributed by atoms with Gasteiger partial charge in [0.1, 0.15) is 0 Å². The van der Waals surface area contributed by atoms with E-state index in [0.717, 1.165) is 12.4 Å². The quantitative estimate of drug-likeness (QED) is 0.497. The van der Waals surface area contributed by atoms with Crippen LogP contribution in [0.5, 0.6) is 0 Å². The maximum atomic E-state index is 7.82. The van der Waals surface area contributed by atoms with Crippen molar-refractivity contribution in [1.82, 2.24) is 4.90 Å². The molecule has 1 N–H and O–H groups in total. The second kappa shape index (κ2) is 3.08. The van der Waals surface area contributed by atoms with Crippen molar-refractivity contribution in [3.63, 3.8) is 0 Å². The van der Waals surface area contributed by atoms with Crippen molar-refractivity contribution in [3.05, 3.63) is 0 Å². The van der Waals surface area contributed by atoms with Crippen LogP contribution >= 0.6 is 0 Å². The molecule has 1 rings (SSSR count). The monoisotopic (exact) mass is 168 g/mol. The first kappa shape index (κ1) is 9.56. The molecular formula is C10H20N2. The van der Waals surface area contributed by atoms with Crippen LogP contribution in [0, 0.1) is 16.7 Å². The molecular weight excluding hydrogens is 148 g/mol. The fourth-order valence-corrected chi connectivity index (χ4v) is 1.47. The Bertz CT molecular complexity index is 175. The molecule has 0 saturated heterocycles. The summed E-state index contributed by atoms with van der Waals surface area (Å²) >= 11 is 0. The normalized spacial score (nSPS) is 17.7. The molecule has 0 heterocycles. The van der Waals surface area contributed by atoms with E-state index in [1.807, 2.05) is 7.05 Å². The smallest absolute Gasteiger partial charge is 0.0987 e. The molecule has 1 saturated carbocycles. The third-order valence-corrected chi connectivity index (χ3v) is 2.09. The summed E-state index contributed by atoms with van der Waals surface area (Å²) in [6.45, 7) is 7.62. The van der Waals surface area contributed by atoms with Crippen LogP contribution in [0.4, 0.5) is 0 Å². The largest absolute Gasteiger partial charge is 0.363 e. The summed E-state index contributed by atoms with van der Waals surface area (Å²) in [5.74, 6) is 1.42. The van der Waals surface area contributed by atoms with Crippen molar-refractivity contribution < 1.29 is 0 Å². The van der Waals surface area contributed by atoms with Crippen molar-refractivity contribution in [3.8, 4) is 0 Å². The van der Waals surface area contributed by atoms with Crippen LogP contribution in [-0.2, 0) is 0 Å². The van der Waals surface area contributed by atoms with Gasteiger partial charge in [0, 0.05) is 19.5 Å². The SMILES string of the molecule is CN(CC(C)(C)C)C(=N)C1CC1. The highest BCUT2D eigenvalue weighted by Crippen LogP contribution is 2.31. The van der Waals surface area contributed by atoms with Crippen molar-refractivity contribution in [2.45, 2.75) is 33.6 Å². The number of amidine groups is 1. The molecule has 0 aromatic carbocycles. The minimum Gasteiger partial charge on any atom is -0.363 e. The molecule has 2 nitrogen and oxygen atoms in total. The minimum atomic E-state index is 0.302. The molecule has 0 amide bonds. The first-order valence-electron chi connectivity index (χ1n) is 4.70. The number of rotatable bonds is 2. The van der Waals surface area contributed by atoms with Gasteiger partial charge in [-0.25, -0.2) is 0 Å². The van der Waals surface area contributed by atoms with Gasteiger partial charge in [-0.2, -0.15) is 0 Å². The molecule has 1 aliphatic rings. The van der Waals surface area contributed by atoms with Crippen LogP contribution in [0.1, 0.15) is 33.6 Å². The van der Waals surface area contributed by atoms with Gasteiger partial charge in [-0.3, -0.25) is 5.41 Å². The predicted octanol–water partition coefficient (Wildman–Crippen LogP) is 2.35. The lowest BCUT2D eigenvalue weighted by molar-refractivity contribution is 0.300. The van der Waals surface area contributed by atoms with Crippen molar-refractivity contribution >= 4 is 5.84 Å². The van der Waals surface area contributed by atoms with Gasteiger partial charge >= 0.3 is 0 Å². The van der Waals surface area contributed by atoms with Crippen molar-refractivity contribution in [2.75, 3.05) is 13.6 Å². The van der Waals surface area contributed by atoms with E-state index in [1.165, 1.54) is 12.8 Å². The van der Waals surface area contributed by atoms with E-state index in [4.69, 9.17) is 5.41 Å². The van der Waals surface area contributed by atoms with E-state index in [1.54, 1.807) is 0 Å². The Labute approximate surface area is 75.5 Å². The molecule has 0 aromatic heterocycles. The maximum Gasteiger partial charge on any atom is 0.0987 e. The minimum absolute atomic E-state index is 0.302. The second-order valence-electron chi connectivity index (χ2n) is 5.08. The maximum absolute atomic E-state index is 7.82. The molecule has 2 heteroatoms. The Morgan fingerprint density at radius 1 is 1.42 bits per heavy atom. The average Bonchev–Trinajstić information content (AvgIpc) is 2.62. The van der Waals surface area contributed by atoms with Gasteiger partial charge in [0.25, 0.3) is 0 Å². The third-order valence-electron chi connectivity index (χ3n) is 2.09. The van der Waals surface area contributed by atoms with Crippen LogP contribution < -0.4 is 0 Å². The van der Waals surface area contributed by atoms with E-state index < -0.39 is 0 Å². The molecule has 0 aliphatic heterocycles. The average molecular weight is 168 g/mol. The summed E-state index contributed by atoms with van der Waals surface area (Å²) in [5, 5.41) is 7.82. The number of hydrogen-bond acceptors (Lipinski definition) is 1. The molecule has 0 unspecified atom stereocenters. The molecule has 0 spiro atoms. The van der Waals surface area contributed by atoms with Crippen LogP contribution in [0.2, 0.25) is 0 Å². The lowest BCUT2D eigenvalue weighted by Gasteiger charge is -2.28. The molecule has 0 atom stereocenters. The number of hydrogen-bond donors (Lipinski definition) is 1. The molecule has 0 aromatic rings. The summed E-state index contributed by atoms with van der Waals surface area (Å²) in [7, 11) is 2.03. The standard InChI is InChI=1S/C10H20N2/c1-10(2,3)7-12(4)9(11)8-5-6-8/h8,11H,5-7H2,1-4H3. The Morgan fingerprint density at radius 3 is 2.25 bits per heavy atom. The number of nitrogens with zero attached hydrogens (tertiary/aromatic N) is 1. The van der Waals surface area contributed by atoms with Crippen LogP contribution in [-0.4, -0.2) is 24.3 Å². The van der Waals surface area contributed by atoms with E-state index in [0.29, 0.717) is 11.3 Å². The lowest BCUT2D eigenvalue weighted by Crippen LogP contribution is -2.34. The fraction of sp³-hybridized carbons (Fsp3) is 0.900. The highest BCUT2D eigenvalue weighted by molar-refractivity contribution is 5.83. The first-order valence-corrected chi connectivity index (χ1v) is 4.70. The number of nitrogens with one attached hydrogen (secondary N) is 1. The van der Waals surface area contributed by atoms with Crippen molar-refractivity contribution in [1.29, 1.82) is 5.41 Å². The highest BCUT2D eigenvalue weighted by atomic mass is 15.1. The van der Waals surface area contributed by atoms with Crippen LogP contribution in [0.15, 0.2) is 0 Å². The Kier molecular flexibility index (Phi) is 2.45. The predicted molar refractivity (Wildman–Crippen MR) is 52.5 cm³/mol. The summed E-state index contributed by atoms with van der Waals surface area (Å²) in [6, 6.07) is 0. The molecule has 70 valence electrons. The summed E-state index contributed by atoms with van der Waals surface area (Å²) < 4.78 is 0. The van der Waals surface area contributed by atoms with Gasteiger partial charge in [0.05, 0.1) is 5.84 Å². The Hall–Kier alpha value is -0.530. The van der Waals surface area contributed by atoms with E-state index in [-0.39, 0.29) is 0 Å². The zero-order valence-corrected chi connectivity index (χ0v) is 8.65. The Balaban J connectivity index is 2.36. The van der Waals surface area contributed by atoms with Gasteiger partial charge in [0.15, 0.2) is 0 Å². The zero-order valence-electron chi connectivity index (χ0n) is 8.65. The highest BCUT2D eigenvalue weighted by Gasteiger charge is 2.29. The van der Waals surface area contributed by atoms with Gasteiger partial charge in [-0.15, -0.1) is 0 Å². The summed E-state index contributed by atoms with van der Waals surface area (Å²) in [6.07, 6.45) is 2.46. The molecule has 1 fully saturated rings. The lowest BCUT2D eigenvalue weighted by atomic mass is 9.96. The van der Waals surface area contributed by atoms with E-state index >= 15 is 0 Å². The zero-order chi connectivity index (χ0) is 9.35. The third kappa shape index (κ3) is 2.84. The summed E-state index contributed by atoms with van der Waals surface area (Å²) in [4.78, 5) is 2.09. The topological polar surface area (TPSA) is 27.1 Å². The second-order valence-corrected chi connectivity index (χ2v) is 5.08. The first-order chi connectivity index (χ1) is 5.40. The van der Waals surface area contributed by atoms with Gasteiger partial charge in [-0.05, 0) is 18.3 Å². The van der Waals surface area contributed by atoms with E-state index in [2.05, 4.69) is 25.7 Å². The van der Waals surface area contributed by atoms with Gasteiger partial charge < -0.3 is 4.90 Å².